The van der Waals surface area contributed by atoms with Gasteiger partial charge >= 0.3 is 7.12 Å². The zero-order chi connectivity index (χ0) is 33.6. The summed E-state index contributed by atoms with van der Waals surface area (Å²) in [6.07, 6.45) is 7.14. The number of aromatic nitrogens is 1. The van der Waals surface area contributed by atoms with Crippen molar-refractivity contribution >= 4 is 34.4 Å². The van der Waals surface area contributed by atoms with Crippen LogP contribution >= 0.6 is 0 Å². The van der Waals surface area contributed by atoms with Crippen molar-refractivity contribution in [3.63, 3.8) is 0 Å². The summed E-state index contributed by atoms with van der Waals surface area (Å²) < 4.78 is 15.3. The summed E-state index contributed by atoms with van der Waals surface area (Å²) in [7, 11) is -0.385. The standard InChI is InChI=1S/C46H44BNO2/c1-44(2)45(3,4)50-47(49-44)34-16-20-43-39(27-34)38-10-6-8-12-42(38)48(43)35-17-13-30(14-18-35)31-15-19-37-36-9-5-7-11-40(36)46(41(37)26-31)32-22-28-21-29(24-32)25-33(46)23-28/h5-20,26-29,32-33H,21-25H2,1-4H3. The Kier molecular flexibility index (Phi) is 5.93. The number of para-hydroxylation sites is 1. The first-order valence-electron chi connectivity index (χ1n) is 19.0. The molecule has 6 aliphatic rings. The van der Waals surface area contributed by atoms with E-state index in [9.17, 15) is 0 Å². The smallest absolute Gasteiger partial charge is 0.399 e. The van der Waals surface area contributed by atoms with Gasteiger partial charge in [0.1, 0.15) is 0 Å². The highest BCUT2D eigenvalue weighted by Gasteiger charge is 2.61. The van der Waals surface area contributed by atoms with Crippen LogP contribution in [0.2, 0.25) is 0 Å². The molecule has 5 fully saturated rings. The highest BCUT2D eigenvalue weighted by atomic mass is 16.7. The zero-order valence-electron chi connectivity index (χ0n) is 29.6. The number of nitrogens with zero attached hydrogens (tertiary/aromatic N) is 1. The molecule has 4 bridgehead atoms. The van der Waals surface area contributed by atoms with Gasteiger partial charge in [-0.05, 0) is 153 Å². The third-order valence-electron chi connectivity index (χ3n) is 14.2. The first-order valence-corrected chi connectivity index (χ1v) is 19.0. The predicted molar refractivity (Wildman–Crippen MR) is 205 cm³/mol. The molecule has 0 unspecified atom stereocenters. The van der Waals surface area contributed by atoms with Crippen molar-refractivity contribution in [2.75, 3.05) is 0 Å². The van der Waals surface area contributed by atoms with Crippen LogP contribution in [0, 0.1) is 23.7 Å². The fourth-order valence-electron chi connectivity index (χ4n) is 11.5. The van der Waals surface area contributed by atoms with E-state index in [1.54, 1.807) is 11.1 Å². The SMILES string of the molecule is CC1(C)OB(c2ccc3c(c2)c2ccccc2n3-c2ccc(-c3ccc4c(c3)C3(c5ccccc5-4)C4CC5CC(C4)CC3C5)cc2)OC1(C)C. The van der Waals surface area contributed by atoms with Crippen molar-refractivity contribution in [1.29, 1.82) is 0 Å². The molecule has 248 valence electrons. The maximum absolute atomic E-state index is 6.44. The predicted octanol–water partition coefficient (Wildman–Crippen LogP) is 10.5. The first-order chi connectivity index (χ1) is 24.2. The summed E-state index contributed by atoms with van der Waals surface area (Å²) in [6, 6.07) is 41.6. The molecule has 1 aliphatic heterocycles. The highest BCUT2D eigenvalue weighted by Crippen LogP contribution is 2.69. The summed E-state index contributed by atoms with van der Waals surface area (Å²) in [5.74, 6) is 3.45. The Labute approximate surface area is 295 Å². The zero-order valence-corrected chi connectivity index (χ0v) is 29.6. The summed E-state index contributed by atoms with van der Waals surface area (Å²) in [5, 5.41) is 2.46. The molecule has 1 saturated heterocycles. The second kappa shape index (κ2) is 10.0. The van der Waals surface area contributed by atoms with Gasteiger partial charge in [0.2, 0.25) is 0 Å². The lowest BCUT2D eigenvalue weighted by atomic mass is 9.43. The Morgan fingerprint density at radius 3 is 1.92 bits per heavy atom. The Morgan fingerprint density at radius 2 is 1.18 bits per heavy atom. The average molecular weight is 654 g/mol. The Morgan fingerprint density at radius 1 is 0.560 bits per heavy atom. The quantitative estimate of drug-likeness (QED) is 0.178. The van der Waals surface area contributed by atoms with Crippen LogP contribution in [0.3, 0.4) is 0 Å². The molecule has 12 rings (SSSR count). The minimum absolute atomic E-state index is 0.192. The molecule has 0 N–H and O–H groups in total. The summed E-state index contributed by atoms with van der Waals surface area (Å²) >= 11 is 0. The van der Waals surface area contributed by atoms with Gasteiger partial charge in [0.05, 0.1) is 22.2 Å². The third-order valence-corrected chi connectivity index (χ3v) is 14.2. The van der Waals surface area contributed by atoms with Crippen molar-refractivity contribution < 1.29 is 9.31 Å². The van der Waals surface area contributed by atoms with Gasteiger partial charge in [-0.1, -0.05) is 78.9 Å². The van der Waals surface area contributed by atoms with E-state index in [1.807, 2.05) is 0 Å². The molecule has 2 heterocycles. The van der Waals surface area contributed by atoms with Crippen molar-refractivity contribution in [3.8, 4) is 27.9 Å². The lowest BCUT2D eigenvalue weighted by molar-refractivity contribution is -0.0399. The van der Waals surface area contributed by atoms with Crippen LogP contribution < -0.4 is 5.46 Å². The van der Waals surface area contributed by atoms with Gasteiger partial charge in [-0.25, -0.2) is 0 Å². The van der Waals surface area contributed by atoms with Gasteiger partial charge in [0.15, 0.2) is 0 Å². The van der Waals surface area contributed by atoms with E-state index in [1.165, 1.54) is 81.9 Å². The van der Waals surface area contributed by atoms with Crippen LogP contribution in [-0.2, 0) is 14.7 Å². The molecule has 5 aliphatic carbocycles. The maximum atomic E-state index is 6.44. The molecular formula is C46H44BNO2. The molecule has 0 amide bonds. The van der Waals surface area contributed by atoms with Gasteiger partial charge < -0.3 is 13.9 Å². The van der Waals surface area contributed by atoms with Crippen LogP contribution in [0.15, 0.2) is 109 Å². The topological polar surface area (TPSA) is 23.4 Å². The molecule has 0 radical (unpaired) electrons. The van der Waals surface area contributed by atoms with Gasteiger partial charge in [-0.3, -0.25) is 0 Å². The lowest BCUT2D eigenvalue weighted by Crippen LogP contribution is -2.55. The van der Waals surface area contributed by atoms with Gasteiger partial charge in [0.25, 0.3) is 0 Å². The van der Waals surface area contributed by atoms with Crippen molar-refractivity contribution in [3.05, 3.63) is 120 Å². The maximum Gasteiger partial charge on any atom is 0.494 e. The largest absolute Gasteiger partial charge is 0.494 e. The van der Waals surface area contributed by atoms with E-state index in [0.717, 1.165) is 29.1 Å². The first kappa shape index (κ1) is 29.6. The van der Waals surface area contributed by atoms with Crippen molar-refractivity contribution in [2.24, 2.45) is 23.7 Å². The summed E-state index contributed by atoms with van der Waals surface area (Å²) in [5.41, 5.74) is 12.9. The molecule has 5 aromatic carbocycles. The molecule has 6 aromatic rings. The normalized spacial score (nSPS) is 28.2. The Bertz CT molecular complexity index is 2320. The highest BCUT2D eigenvalue weighted by molar-refractivity contribution is 6.62. The van der Waals surface area contributed by atoms with Crippen LogP contribution in [-0.4, -0.2) is 22.9 Å². The summed E-state index contributed by atoms with van der Waals surface area (Å²) in [6.45, 7) is 8.46. The van der Waals surface area contributed by atoms with E-state index in [4.69, 9.17) is 9.31 Å². The van der Waals surface area contributed by atoms with Gasteiger partial charge in [-0.15, -0.1) is 0 Å². The van der Waals surface area contributed by atoms with Gasteiger partial charge in [0, 0.05) is 21.9 Å². The van der Waals surface area contributed by atoms with E-state index in [-0.39, 0.29) is 23.7 Å². The number of fused-ring (bicyclic) bond motifs is 6. The number of hydrogen-bond donors (Lipinski definition) is 0. The Hall–Kier alpha value is -4.12. The second-order valence-electron chi connectivity index (χ2n) is 17.2. The fourth-order valence-corrected chi connectivity index (χ4v) is 11.5. The van der Waals surface area contributed by atoms with E-state index in [0.29, 0.717) is 0 Å². The fraction of sp³-hybridized carbons (Fsp3) is 0.348. The van der Waals surface area contributed by atoms with Crippen LogP contribution in [0.4, 0.5) is 0 Å². The van der Waals surface area contributed by atoms with E-state index in [2.05, 4.69) is 141 Å². The molecular weight excluding hydrogens is 609 g/mol. The molecule has 4 saturated carbocycles. The van der Waals surface area contributed by atoms with Crippen molar-refractivity contribution in [2.45, 2.75) is 76.4 Å². The molecule has 0 atom stereocenters. The van der Waals surface area contributed by atoms with Crippen LogP contribution in [0.5, 0.6) is 0 Å². The van der Waals surface area contributed by atoms with E-state index < -0.39 is 0 Å². The molecule has 4 heteroatoms. The molecule has 1 aromatic heterocycles. The lowest BCUT2D eigenvalue weighted by Gasteiger charge is -2.61. The minimum Gasteiger partial charge on any atom is -0.399 e. The van der Waals surface area contributed by atoms with Crippen molar-refractivity contribution in [1.82, 2.24) is 4.57 Å². The minimum atomic E-state index is -0.385. The molecule has 50 heavy (non-hydrogen) atoms. The molecule has 3 nitrogen and oxygen atoms in total. The average Bonchev–Trinajstić information content (AvgIpc) is 3.68. The number of benzene rings is 5. The second-order valence-corrected chi connectivity index (χ2v) is 17.2. The third kappa shape index (κ3) is 3.84. The van der Waals surface area contributed by atoms with Gasteiger partial charge in [-0.2, -0.15) is 0 Å². The number of hydrogen-bond acceptors (Lipinski definition) is 2. The monoisotopic (exact) mass is 653 g/mol. The Balaban J connectivity index is 0.990. The summed E-state index contributed by atoms with van der Waals surface area (Å²) in [4.78, 5) is 0. The van der Waals surface area contributed by atoms with Crippen LogP contribution in [0.1, 0.15) is 70.9 Å². The van der Waals surface area contributed by atoms with Crippen LogP contribution in [0.25, 0.3) is 49.7 Å². The van der Waals surface area contributed by atoms with E-state index >= 15 is 0 Å². The number of rotatable bonds is 3. The molecule has 1 spiro atoms.